The topological polar surface area (TPSA) is 52.4 Å². The van der Waals surface area contributed by atoms with E-state index in [1.54, 1.807) is 18.2 Å². The molecule has 0 atom stereocenters. The number of nitro groups is 1. The molecule has 0 saturated heterocycles. The van der Waals surface area contributed by atoms with Crippen molar-refractivity contribution in [2.45, 2.75) is 0 Å². The van der Waals surface area contributed by atoms with Gasteiger partial charge < -0.3 is 4.74 Å². The van der Waals surface area contributed by atoms with Crippen molar-refractivity contribution in [1.29, 1.82) is 0 Å². The lowest BCUT2D eigenvalue weighted by Gasteiger charge is -2.02. The molecule has 0 saturated carbocycles. The minimum absolute atomic E-state index is 0.0344. The summed E-state index contributed by atoms with van der Waals surface area (Å²) in [6, 6.07) is 4.56. The van der Waals surface area contributed by atoms with Gasteiger partial charge in [-0.15, -0.1) is 0 Å². The maximum absolute atomic E-state index is 10.7. The molecule has 0 heterocycles. The molecular formula is C9H7Br2I2NO3. The molecule has 0 aliphatic rings. The number of methoxy groups -OCH3 is 1. The molecule has 0 aliphatic carbocycles. The molecule has 17 heavy (non-hydrogen) atoms. The van der Waals surface area contributed by atoms with Crippen molar-refractivity contribution in [2.75, 3.05) is 7.11 Å². The largest absolute Gasteiger partial charge is 0.497 e. The molecule has 0 bridgehead atoms. The lowest BCUT2D eigenvalue weighted by Crippen LogP contribution is -1.92. The number of hydrogen-bond acceptors (Lipinski definition) is 3. The zero-order chi connectivity index (χ0) is 13.4. The van der Waals surface area contributed by atoms with Gasteiger partial charge in [0.2, 0.25) is 0 Å². The molecule has 0 aliphatic heterocycles. The molecule has 0 spiro atoms. The van der Waals surface area contributed by atoms with Crippen LogP contribution in [0.4, 0.5) is 5.69 Å². The molecule has 0 aromatic heterocycles. The Kier molecular flexibility index (Phi) is 9.83. The van der Waals surface area contributed by atoms with Crippen molar-refractivity contribution in [3.63, 3.8) is 0 Å². The standard InChI is InChI=1S/C9H7Br2NO3.I2/c1-15-7-2-3-8(12(13)14)6(4-7)5-9(10)11;1-2/h2-5H,1H3;. The number of nitrogens with zero attached hydrogens (tertiary/aromatic N) is 1. The van der Waals surface area contributed by atoms with Crippen LogP contribution in [0.5, 0.6) is 5.75 Å². The summed E-state index contributed by atoms with van der Waals surface area (Å²) in [6.45, 7) is 0. The summed E-state index contributed by atoms with van der Waals surface area (Å²) < 4.78 is 5.62. The SMILES string of the molecule is COc1ccc([N+](=O)[O-])c(C=C(Br)Br)c1.II. The first kappa shape index (κ1) is 17.6. The van der Waals surface area contributed by atoms with Crippen molar-refractivity contribution < 1.29 is 9.66 Å². The predicted molar refractivity (Wildman–Crippen MR) is 93.5 cm³/mol. The number of halogens is 4. The Balaban J connectivity index is 0.00000121. The number of ether oxygens (including phenoxy) is 1. The van der Waals surface area contributed by atoms with E-state index < -0.39 is 4.92 Å². The quantitative estimate of drug-likeness (QED) is 0.267. The summed E-state index contributed by atoms with van der Waals surface area (Å²) in [4.78, 5) is 10.3. The minimum atomic E-state index is -0.436. The molecule has 0 amide bonds. The van der Waals surface area contributed by atoms with Gasteiger partial charge in [-0.05, 0) is 50.1 Å². The number of benzene rings is 1. The van der Waals surface area contributed by atoms with Crippen LogP contribution in [0.2, 0.25) is 0 Å². The monoisotopic (exact) mass is 589 g/mol. The van der Waals surface area contributed by atoms with Crippen LogP contribution in [0.3, 0.4) is 0 Å². The third-order valence-corrected chi connectivity index (χ3v) is 2.15. The van der Waals surface area contributed by atoms with Crippen LogP contribution in [0, 0.1) is 10.1 Å². The van der Waals surface area contributed by atoms with Gasteiger partial charge in [0.1, 0.15) is 5.75 Å². The van der Waals surface area contributed by atoms with Gasteiger partial charge in [-0.3, -0.25) is 10.1 Å². The summed E-state index contributed by atoms with van der Waals surface area (Å²) in [5.41, 5.74) is 0.510. The Hall–Kier alpha value is 0.580. The molecule has 1 aromatic rings. The van der Waals surface area contributed by atoms with Gasteiger partial charge in [-0.1, -0.05) is 0 Å². The zero-order valence-corrected chi connectivity index (χ0v) is 16.0. The van der Waals surface area contributed by atoms with Crippen LogP contribution < -0.4 is 4.74 Å². The van der Waals surface area contributed by atoms with Gasteiger partial charge in [0.05, 0.1) is 21.0 Å². The van der Waals surface area contributed by atoms with Gasteiger partial charge in [-0.2, -0.15) is 0 Å². The highest BCUT2D eigenvalue weighted by atomic mass is 128. The molecule has 0 unspecified atom stereocenters. The second kappa shape index (κ2) is 9.50. The Morgan fingerprint density at radius 1 is 1.47 bits per heavy atom. The van der Waals surface area contributed by atoms with Crippen molar-refractivity contribution in [3.8, 4) is 5.75 Å². The third kappa shape index (κ3) is 6.34. The molecule has 8 heteroatoms. The highest BCUT2D eigenvalue weighted by molar-refractivity contribution is 15.0. The first-order valence-corrected chi connectivity index (χ1v) is 11.9. The molecular weight excluding hydrogens is 584 g/mol. The third-order valence-electron chi connectivity index (χ3n) is 1.70. The molecule has 4 nitrogen and oxygen atoms in total. The predicted octanol–water partition coefficient (Wildman–Crippen LogP) is 5.46. The smallest absolute Gasteiger partial charge is 0.276 e. The number of nitro benzene ring substituents is 1. The fourth-order valence-corrected chi connectivity index (χ4v) is 1.55. The molecule has 0 radical (unpaired) electrons. The molecule has 1 rings (SSSR count). The second-order valence-electron chi connectivity index (χ2n) is 2.62. The first-order valence-electron chi connectivity index (χ1n) is 4.04. The molecule has 94 valence electrons. The Labute approximate surface area is 139 Å². The van der Waals surface area contributed by atoms with Crippen molar-refractivity contribution in [2.24, 2.45) is 0 Å². The van der Waals surface area contributed by atoms with Crippen LogP contribution in [0.25, 0.3) is 6.08 Å². The van der Waals surface area contributed by atoms with E-state index in [1.807, 2.05) is 0 Å². The second-order valence-corrected chi connectivity index (χ2v) is 5.39. The van der Waals surface area contributed by atoms with Gasteiger partial charge in [0, 0.05) is 43.3 Å². The van der Waals surface area contributed by atoms with Crippen LogP contribution in [0.15, 0.2) is 21.6 Å². The molecule has 1 aromatic carbocycles. The first-order chi connectivity index (χ1) is 8.04. The van der Waals surface area contributed by atoms with Crippen LogP contribution in [-0.2, 0) is 0 Å². The molecule has 0 N–H and O–H groups in total. The summed E-state index contributed by atoms with van der Waals surface area (Å²) in [5, 5.41) is 10.7. The van der Waals surface area contributed by atoms with Gasteiger partial charge in [-0.25, -0.2) is 0 Å². The summed E-state index contributed by atoms with van der Waals surface area (Å²) in [7, 11) is 1.51. The van der Waals surface area contributed by atoms with Gasteiger partial charge in [0.25, 0.3) is 5.69 Å². The fraction of sp³-hybridized carbons (Fsp3) is 0.111. The van der Waals surface area contributed by atoms with E-state index in [1.165, 1.54) is 13.2 Å². The van der Waals surface area contributed by atoms with E-state index in [-0.39, 0.29) is 5.69 Å². The normalized spacial score (nSPS) is 8.76. The maximum Gasteiger partial charge on any atom is 0.276 e. The minimum Gasteiger partial charge on any atom is -0.497 e. The van der Waals surface area contributed by atoms with Crippen LogP contribution in [-0.4, -0.2) is 12.0 Å². The summed E-state index contributed by atoms with van der Waals surface area (Å²) in [5.74, 6) is 0.577. The average Bonchev–Trinajstić information content (AvgIpc) is 2.30. The number of rotatable bonds is 3. The lowest BCUT2D eigenvalue weighted by molar-refractivity contribution is -0.385. The summed E-state index contributed by atoms with van der Waals surface area (Å²) >= 11 is 10.6. The van der Waals surface area contributed by atoms with E-state index in [0.717, 1.165) is 0 Å². The van der Waals surface area contributed by atoms with E-state index in [4.69, 9.17) is 4.74 Å². The summed E-state index contributed by atoms with van der Waals surface area (Å²) in [6.07, 6.45) is 1.60. The fourth-order valence-electron chi connectivity index (χ4n) is 1.06. The van der Waals surface area contributed by atoms with E-state index >= 15 is 0 Å². The zero-order valence-electron chi connectivity index (χ0n) is 8.49. The van der Waals surface area contributed by atoms with Crippen LogP contribution in [0.1, 0.15) is 5.56 Å². The van der Waals surface area contributed by atoms with Gasteiger partial charge >= 0.3 is 0 Å². The Bertz CT molecular complexity index is 423. The van der Waals surface area contributed by atoms with Crippen molar-refractivity contribution >= 4 is 80.9 Å². The Morgan fingerprint density at radius 3 is 2.47 bits per heavy atom. The van der Waals surface area contributed by atoms with E-state index in [9.17, 15) is 10.1 Å². The van der Waals surface area contributed by atoms with E-state index in [0.29, 0.717) is 14.7 Å². The van der Waals surface area contributed by atoms with E-state index in [2.05, 4.69) is 69.1 Å². The van der Waals surface area contributed by atoms with Crippen molar-refractivity contribution in [3.05, 3.63) is 37.3 Å². The van der Waals surface area contributed by atoms with Crippen molar-refractivity contribution in [1.82, 2.24) is 0 Å². The lowest BCUT2D eigenvalue weighted by atomic mass is 10.1. The molecule has 0 fully saturated rings. The highest BCUT2D eigenvalue weighted by Crippen LogP contribution is 2.28. The number of hydrogen-bond donors (Lipinski definition) is 0. The van der Waals surface area contributed by atoms with Gasteiger partial charge in [0.15, 0.2) is 0 Å². The average molecular weight is 591 g/mol. The Morgan fingerprint density at radius 2 is 2.06 bits per heavy atom. The highest BCUT2D eigenvalue weighted by Gasteiger charge is 2.12. The van der Waals surface area contributed by atoms with Crippen LogP contribution >= 0.6 is 69.1 Å². The maximum atomic E-state index is 10.7.